The molecule has 2 N–H and O–H groups in total. The van der Waals surface area contributed by atoms with Gasteiger partial charge in [-0.25, -0.2) is 0 Å². The van der Waals surface area contributed by atoms with E-state index in [1.165, 1.54) is 0 Å². The summed E-state index contributed by atoms with van der Waals surface area (Å²) in [7, 11) is -0.821. The lowest BCUT2D eigenvalue weighted by molar-refractivity contribution is 0.682. The number of aryl methyl sites for hydroxylation is 1. The number of rotatable bonds is 3. The van der Waals surface area contributed by atoms with Crippen LogP contribution < -0.4 is 5.73 Å². The Morgan fingerprint density at radius 3 is 2.71 bits per heavy atom. The molecule has 0 bridgehead atoms. The third-order valence-corrected chi connectivity index (χ3v) is 3.53. The fraction of sp³-hybridized carbons (Fsp3) is 0.500. The second-order valence-electron chi connectivity index (χ2n) is 3.30. The highest BCUT2D eigenvalue weighted by molar-refractivity contribution is 7.84. The van der Waals surface area contributed by atoms with Crippen molar-refractivity contribution >= 4 is 16.5 Å². The zero-order valence-corrected chi connectivity index (χ0v) is 9.65. The number of aromatic nitrogens is 1. The van der Waals surface area contributed by atoms with Crippen LogP contribution in [0.5, 0.6) is 0 Å². The van der Waals surface area contributed by atoms with Gasteiger partial charge in [0.15, 0.2) is 0 Å². The van der Waals surface area contributed by atoms with Crippen molar-refractivity contribution in [1.29, 1.82) is 0 Å². The maximum absolute atomic E-state index is 11.4. The first kappa shape index (κ1) is 11.2. The topological polar surface area (TPSA) is 56.0 Å². The molecule has 1 heterocycles. The molecule has 0 radical (unpaired) electrons. The van der Waals surface area contributed by atoms with Gasteiger partial charge in [-0.15, -0.1) is 0 Å². The van der Waals surface area contributed by atoms with E-state index in [9.17, 15) is 4.21 Å². The van der Waals surface area contributed by atoms with Gasteiger partial charge in [0.1, 0.15) is 0 Å². The molecule has 1 unspecified atom stereocenters. The van der Waals surface area contributed by atoms with Crippen LogP contribution in [0.1, 0.15) is 23.7 Å². The largest absolute Gasteiger partial charge is 0.398 e. The van der Waals surface area contributed by atoms with Crippen LogP contribution in [0.3, 0.4) is 0 Å². The minimum absolute atomic E-state index is 0.507. The standard InChI is InChI=1S/C10H16N2OS/c1-4-14(13)6-9-8(3)10(11)7(2)5-12-9/h5H,4,6H2,1-3H3,(H2,11,12). The van der Waals surface area contributed by atoms with Crippen molar-refractivity contribution in [2.75, 3.05) is 11.5 Å². The van der Waals surface area contributed by atoms with E-state index in [0.29, 0.717) is 11.5 Å². The number of hydrogen-bond donors (Lipinski definition) is 1. The summed E-state index contributed by atoms with van der Waals surface area (Å²) >= 11 is 0. The van der Waals surface area contributed by atoms with Crippen molar-refractivity contribution in [3.05, 3.63) is 23.0 Å². The van der Waals surface area contributed by atoms with Crippen molar-refractivity contribution in [2.45, 2.75) is 26.5 Å². The summed E-state index contributed by atoms with van der Waals surface area (Å²) < 4.78 is 11.4. The number of anilines is 1. The van der Waals surface area contributed by atoms with Gasteiger partial charge in [0.25, 0.3) is 0 Å². The fourth-order valence-electron chi connectivity index (χ4n) is 1.19. The monoisotopic (exact) mass is 212 g/mol. The minimum atomic E-state index is -0.821. The molecule has 0 saturated carbocycles. The Kier molecular flexibility index (Phi) is 3.63. The molecular formula is C10H16N2OS. The molecule has 0 aromatic carbocycles. The Bertz CT molecular complexity index is 363. The normalized spacial score (nSPS) is 12.8. The van der Waals surface area contributed by atoms with Crippen molar-refractivity contribution in [3.63, 3.8) is 0 Å². The van der Waals surface area contributed by atoms with Gasteiger partial charge in [0.2, 0.25) is 0 Å². The Hall–Kier alpha value is -0.900. The Morgan fingerprint density at radius 2 is 2.14 bits per heavy atom. The molecule has 14 heavy (non-hydrogen) atoms. The van der Waals surface area contributed by atoms with Gasteiger partial charge in [-0.05, 0) is 25.0 Å². The van der Waals surface area contributed by atoms with E-state index in [-0.39, 0.29) is 0 Å². The van der Waals surface area contributed by atoms with E-state index in [0.717, 1.165) is 22.5 Å². The molecule has 0 aliphatic carbocycles. The Morgan fingerprint density at radius 1 is 1.50 bits per heavy atom. The molecule has 0 aliphatic rings. The smallest absolute Gasteiger partial charge is 0.0662 e. The fourth-order valence-corrected chi connectivity index (χ4v) is 1.99. The number of nitrogen functional groups attached to an aromatic ring is 1. The van der Waals surface area contributed by atoms with Crippen LogP contribution in [0.15, 0.2) is 6.20 Å². The van der Waals surface area contributed by atoms with Crippen LogP contribution >= 0.6 is 0 Å². The first-order valence-corrected chi connectivity index (χ1v) is 6.10. The van der Waals surface area contributed by atoms with Crippen molar-refractivity contribution in [1.82, 2.24) is 4.98 Å². The number of pyridine rings is 1. The van der Waals surface area contributed by atoms with E-state index < -0.39 is 10.8 Å². The Labute approximate surface area is 87.2 Å². The van der Waals surface area contributed by atoms with E-state index in [4.69, 9.17) is 5.73 Å². The molecular weight excluding hydrogens is 196 g/mol. The maximum Gasteiger partial charge on any atom is 0.0662 e. The molecule has 4 heteroatoms. The molecule has 0 amide bonds. The van der Waals surface area contributed by atoms with Crippen LogP contribution in [0.2, 0.25) is 0 Å². The zero-order valence-electron chi connectivity index (χ0n) is 8.83. The van der Waals surface area contributed by atoms with Gasteiger partial charge in [-0.3, -0.25) is 9.19 Å². The summed E-state index contributed by atoms with van der Waals surface area (Å²) in [5.74, 6) is 1.17. The number of nitrogens with two attached hydrogens (primary N) is 1. The summed E-state index contributed by atoms with van der Waals surface area (Å²) in [6, 6.07) is 0. The molecule has 0 spiro atoms. The predicted molar refractivity (Wildman–Crippen MR) is 60.5 cm³/mol. The zero-order chi connectivity index (χ0) is 10.7. The summed E-state index contributed by atoms with van der Waals surface area (Å²) in [6.07, 6.45) is 1.74. The van der Waals surface area contributed by atoms with Crippen LogP contribution in [0, 0.1) is 13.8 Å². The predicted octanol–water partition coefficient (Wildman–Crippen LogP) is 1.55. The van der Waals surface area contributed by atoms with E-state index in [1.54, 1.807) is 6.20 Å². The minimum Gasteiger partial charge on any atom is -0.398 e. The van der Waals surface area contributed by atoms with Gasteiger partial charge < -0.3 is 5.73 Å². The van der Waals surface area contributed by atoms with E-state index in [1.807, 2.05) is 20.8 Å². The molecule has 0 fully saturated rings. The first-order valence-electron chi connectivity index (χ1n) is 4.61. The van der Waals surface area contributed by atoms with Crippen LogP contribution in [0.4, 0.5) is 5.69 Å². The highest BCUT2D eigenvalue weighted by atomic mass is 32.2. The van der Waals surface area contributed by atoms with E-state index in [2.05, 4.69) is 4.98 Å². The first-order chi connectivity index (χ1) is 6.56. The quantitative estimate of drug-likeness (QED) is 0.827. The molecule has 1 aromatic heterocycles. The molecule has 0 aliphatic heterocycles. The second kappa shape index (κ2) is 4.55. The van der Waals surface area contributed by atoms with Gasteiger partial charge in [-0.2, -0.15) is 0 Å². The third-order valence-electron chi connectivity index (χ3n) is 2.30. The van der Waals surface area contributed by atoms with Gasteiger partial charge >= 0.3 is 0 Å². The lowest BCUT2D eigenvalue weighted by Gasteiger charge is -2.08. The third kappa shape index (κ3) is 2.32. The van der Waals surface area contributed by atoms with Crippen LogP contribution in [-0.4, -0.2) is 14.9 Å². The molecule has 78 valence electrons. The van der Waals surface area contributed by atoms with E-state index >= 15 is 0 Å². The molecule has 1 atom stereocenters. The van der Waals surface area contributed by atoms with Gasteiger partial charge in [-0.1, -0.05) is 6.92 Å². The average Bonchev–Trinajstić information content (AvgIpc) is 2.19. The molecule has 3 nitrogen and oxygen atoms in total. The number of hydrogen-bond acceptors (Lipinski definition) is 3. The lowest BCUT2D eigenvalue weighted by Crippen LogP contribution is -2.05. The van der Waals surface area contributed by atoms with Crippen molar-refractivity contribution in [3.8, 4) is 0 Å². The highest BCUT2D eigenvalue weighted by Gasteiger charge is 2.08. The van der Waals surface area contributed by atoms with Crippen LogP contribution in [0.25, 0.3) is 0 Å². The van der Waals surface area contributed by atoms with Gasteiger partial charge in [0.05, 0.1) is 11.4 Å². The summed E-state index contributed by atoms with van der Waals surface area (Å²) in [5.41, 5.74) is 9.43. The highest BCUT2D eigenvalue weighted by Crippen LogP contribution is 2.18. The average molecular weight is 212 g/mol. The second-order valence-corrected chi connectivity index (χ2v) is 5.05. The molecule has 1 rings (SSSR count). The maximum atomic E-state index is 11.4. The summed E-state index contributed by atoms with van der Waals surface area (Å²) in [4.78, 5) is 4.25. The summed E-state index contributed by atoms with van der Waals surface area (Å²) in [6.45, 7) is 5.76. The van der Waals surface area contributed by atoms with Crippen molar-refractivity contribution < 1.29 is 4.21 Å². The SMILES string of the molecule is CCS(=O)Cc1ncc(C)c(N)c1C. The summed E-state index contributed by atoms with van der Waals surface area (Å²) in [5, 5.41) is 0. The lowest BCUT2D eigenvalue weighted by atomic mass is 10.1. The Balaban J connectivity index is 3.00. The van der Waals surface area contributed by atoms with Crippen molar-refractivity contribution in [2.24, 2.45) is 0 Å². The molecule has 1 aromatic rings. The molecule has 0 saturated heterocycles. The number of nitrogens with zero attached hydrogens (tertiary/aromatic N) is 1. The van der Waals surface area contributed by atoms with Gasteiger partial charge in [0, 0.05) is 28.4 Å². The van der Waals surface area contributed by atoms with Crippen LogP contribution in [-0.2, 0) is 16.6 Å².